The smallest absolute Gasteiger partial charge is 0.350 e. The topological polar surface area (TPSA) is 78.9 Å². The lowest BCUT2D eigenvalue weighted by Crippen LogP contribution is -2.48. The number of fused-ring (bicyclic) bond motifs is 2. The van der Waals surface area contributed by atoms with E-state index in [0.717, 1.165) is 0 Å². The van der Waals surface area contributed by atoms with Gasteiger partial charge in [-0.15, -0.1) is 0 Å². The highest BCUT2D eigenvalue weighted by atomic mass is 16.6. The molecule has 2 aliphatic rings. The van der Waals surface area contributed by atoms with Crippen molar-refractivity contribution in [2.24, 2.45) is 16.7 Å². The van der Waals surface area contributed by atoms with Crippen molar-refractivity contribution in [3.63, 3.8) is 0 Å². The van der Waals surface area contributed by atoms with Crippen molar-refractivity contribution in [3.8, 4) is 0 Å². The SMILES string of the molecule is CC(C)(OC(=O)C(C)(C)C(C)(C)C)C(=O)OC1CC[C@@H]2CC1OC2=O. The zero-order valence-electron chi connectivity index (χ0n) is 16.3. The Morgan fingerprint density at radius 3 is 2.16 bits per heavy atom. The largest absolute Gasteiger partial charge is 0.458 e. The molecule has 2 rings (SSSR count). The standard InChI is InChI=1S/C19H30O6/c1-17(2,3)18(4,5)15(21)25-19(6,7)16(22)24-12-9-8-11-10-13(12)23-14(11)20/h11-13H,8-10H2,1-7H3/t11-,12?,13?/m1/s1. The van der Waals surface area contributed by atoms with Gasteiger partial charge in [-0.05, 0) is 46.0 Å². The molecular formula is C19H30O6. The van der Waals surface area contributed by atoms with E-state index in [2.05, 4.69) is 0 Å². The summed E-state index contributed by atoms with van der Waals surface area (Å²) in [5.41, 5.74) is -2.48. The number of hydrogen-bond donors (Lipinski definition) is 0. The first kappa shape index (κ1) is 19.7. The summed E-state index contributed by atoms with van der Waals surface area (Å²) >= 11 is 0. The third-order valence-corrected chi connectivity index (χ3v) is 5.82. The predicted octanol–water partition coefficient (Wildman–Crippen LogP) is 3.02. The van der Waals surface area contributed by atoms with Crippen LogP contribution in [0.2, 0.25) is 0 Å². The van der Waals surface area contributed by atoms with E-state index in [1.165, 1.54) is 13.8 Å². The molecule has 2 fully saturated rings. The third-order valence-electron chi connectivity index (χ3n) is 5.82. The molecule has 1 saturated carbocycles. The minimum atomic E-state index is -1.40. The number of carbonyl (C=O) groups is 3. The molecule has 0 radical (unpaired) electrons. The number of esters is 3. The second-order valence-electron chi connectivity index (χ2n) is 9.20. The molecule has 25 heavy (non-hydrogen) atoms. The van der Waals surface area contributed by atoms with Crippen LogP contribution >= 0.6 is 0 Å². The van der Waals surface area contributed by atoms with Gasteiger partial charge in [0.15, 0.2) is 0 Å². The molecule has 2 unspecified atom stereocenters. The van der Waals surface area contributed by atoms with Crippen LogP contribution in [0.15, 0.2) is 0 Å². The van der Waals surface area contributed by atoms with Crippen LogP contribution in [0.4, 0.5) is 0 Å². The lowest BCUT2D eigenvalue weighted by atomic mass is 9.69. The minimum absolute atomic E-state index is 0.0709. The Kier molecular flexibility index (Phi) is 4.96. The van der Waals surface area contributed by atoms with E-state index in [9.17, 15) is 14.4 Å². The van der Waals surface area contributed by atoms with E-state index in [4.69, 9.17) is 14.2 Å². The molecule has 2 bridgehead atoms. The molecule has 1 aliphatic heterocycles. The zero-order valence-corrected chi connectivity index (χ0v) is 16.3. The van der Waals surface area contributed by atoms with Crippen LogP contribution in [-0.4, -0.2) is 35.7 Å². The summed E-state index contributed by atoms with van der Waals surface area (Å²) in [6.45, 7) is 12.5. The maximum atomic E-state index is 12.6. The quantitative estimate of drug-likeness (QED) is 0.570. The molecule has 6 nitrogen and oxygen atoms in total. The van der Waals surface area contributed by atoms with Gasteiger partial charge in [0.05, 0.1) is 11.3 Å². The van der Waals surface area contributed by atoms with E-state index in [-0.39, 0.29) is 23.4 Å². The van der Waals surface area contributed by atoms with Crippen molar-refractivity contribution < 1.29 is 28.6 Å². The highest BCUT2D eigenvalue weighted by molar-refractivity contribution is 5.85. The van der Waals surface area contributed by atoms with E-state index in [0.29, 0.717) is 19.3 Å². The average molecular weight is 354 g/mol. The van der Waals surface area contributed by atoms with Crippen LogP contribution in [0.1, 0.15) is 67.7 Å². The predicted molar refractivity (Wildman–Crippen MR) is 90.5 cm³/mol. The van der Waals surface area contributed by atoms with Crippen molar-refractivity contribution in [2.45, 2.75) is 85.5 Å². The van der Waals surface area contributed by atoms with E-state index in [1.807, 2.05) is 20.8 Å². The molecule has 0 N–H and O–H groups in total. The third kappa shape index (κ3) is 3.82. The molecule has 0 spiro atoms. The van der Waals surface area contributed by atoms with Crippen LogP contribution in [0, 0.1) is 16.7 Å². The molecule has 0 aromatic heterocycles. The Hall–Kier alpha value is -1.59. The Bertz CT molecular complexity index is 569. The molecule has 1 aliphatic carbocycles. The molecule has 0 amide bonds. The second-order valence-corrected chi connectivity index (χ2v) is 9.20. The zero-order chi connectivity index (χ0) is 19.2. The fourth-order valence-electron chi connectivity index (χ4n) is 2.81. The number of rotatable bonds is 4. The molecule has 6 heteroatoms. The lowest BCUT2D eigenvalue weighted by Gasteiger charge is -2.38. The summed E-state index contributed by atoms with van der Waals surface area (Å²) in [5.74, 6) is -1.34. The van der Waals surface area contributed by atoms with E-state index >= 15 is 0 Å². The second kappa shape index (κ2) is 6.29. The summed E-state index contributed by atoms with van der Waals surface area (Å²) in [6, 6.07) is 0. The van der Waals surface area contributed by atoms with Crippen LogP contribution in [0.5, 0.6) is 0 Å². The van der Waals surface area contributed by atoms with E-state index in [1.54, 1.807) is 13.8 Å². The van der Waals surface area contributed by atoms with Gasteiger partial charge in [0, 0.05) is 6.42 Å². The van der Waals surface area contributed by atoms with Gasteiger partial charge in [0.2, 0.25) is 5.60 Å². The van der Waals surface area contributed by atoms with Gasteiger partial charge in [0.25, 0.3) is 0 Å². The first-order valence-corrected chi connectivity index (χ1v) is 8.91. The number of carbonyl (C=O) groups excluding carboxylic acids is 3. The van der Waals surface area contributed by atoms with Crippen LogP contribution < -0.4 is 0 Å². The minimum Gasteiger partial charge on any atom is -0.458 e. The summed E-state index contributed by atoms with van der Waals surface area (Å²) in [5, 5.41) is 0. The van der Waals surface area contributed by atoms with Crippen molar-refractivity contribution in [1.82, 2.24) is 0 Å². The highest BCUT2D eigenvalue weighted by Crippen LogP contribution is 2.40. The fourth-order valence-corrected chi connectivity index (χ4v) is 2.81. The van der Waals surface area contributed by atoms with Crippen molar-refractivity contribution in [1.29, 1.82) is 0 Å². The van der Waals surface area contributed by atoms with Crippen LogP contribution in [0.25, 0.3) is 0 Å². The summed E-state index contributed by atoms with van der Waals surface area (Å²) in [7, 11) is 0. The van der Waals surface area contributed by atoms with Crippen molar-refractivity contribution in [2.75, 3.05) is 0 Å². The van der Waals surface area contributed by atoms with E-state index < -0.39 is 29.1 Å². The van der Waals surface area contributed by atoms with Crippen LogP contribution in [-0.2, 0) is 28.6 Å². The summed E-state index contributed by atoms with van der Waals surface area (Å²) in [6.07, 6.45) is 0.986. The van der Waals surface area contributed by atoms with Crippen molar-refractivity contribution >= 4 is 17.9 Å². The Balaban J connectivity index is 2.00. The normalized spacial score (nSPS) is 26.8. The Labute approximate surface area is 149 Å². The molecule has 1 heterocycles. The lowest BCUT2D eigenvalue weighted by molar-refractivity contribution is -0.194. The monoisotopic (exact) mass is 354 g/mol. The number of ether oxygens (including phenoxy) is 3. The van der Waals surface area contributed by atoms with Crippen molar-refractivity contribution in [3.05, 3.63) is 0 Å². The van der Waals surface area contributed by atoms with Gasteiger partial charge in [-0.1, -0.05) is 20.8 Å². The molecule has 0 aromatic carbocycles. The van der Waals surface area contributed by atoms with Gasteiger partial charge in [-0.2, -0.15) is 0 Å². The molecular weight excluding hydrogens is 324 g/mol. The fraction of sp³-hybridized carbons (Fsp3) is 0.842. The molecule has 3 atom stereocenters. The van der Waals surface area contributed by atoms with Gasteiger partial charge < -0.3 is 14.2 Å². The first-order chi connectivity index (χ1) is 11.3. The molecule has 0 aromatic rings. The average Bonchev–Trinajstić information content (AvgIpc) is 2.76. The van der Waals surface area contributed by atoms with Gasteiger partial charge >= 0.3 is 17.9 Å². The van der Waals surface area contributed by atoms with Gasteiger partial charge in [-0.3, -0.25) is 9.59 Å². The van der Waals surface area contributed by atoms with Crippen LogP contribution in [0.3, 0.4) is 0 Å². The summed E-state index contributed by atoms with van der Waals surface area (Å²) < 4.78 is 16.3. The Morgan fingerprint density at radius 2 is 1.60 bits per heavy atom. The number of hydrogen-bond acceptors (Lipinski definition) is 6. The summed E-state index contributed by atoms with van der Waals surface area (Å²) in [4.78, 5) is 36.8. The highest BCUT2D eigenvalue weighted by Gasteiger charge is 2.48. The molecule has 142 valence electrons. The maximum Gasteiger partial charge on any atom is 0.350 e. The first-order valence-electron chi connectivity index (χ1n) is 8.91. The van der Waals surface area contributed by atoms with Gasteiger partial charge in [0.1, 0.15) is 12.2 Å². The Morgan fingerprint density at radius 1 is 1.00 bits per heavy atom. The maximum absolute atomic E-state index is 12.6. The molecule has 1 saturated heterocycles. The van der Waals surface area contributed by atoms with Gasteiger partial charge in [-0.25, -0.2) is 4.79 Å².